The molecule has 0 aromatic heterocycles. The van der Waals surface area contributed by atoms with E-state index in [0.29, 0.717) is 11.3 Å². The highest BCUT2D eigenvalue weighted by Gasteiger charge is 2.16. The first-order valence-corrected chi connectivity index (χ1v) is 6.05. The van der Waals surface area contributed by atoms with Gasteiger partial charge in [-0.2, -0.15) is 0 Å². The molecule has 0 aliphatic carbocycles. The summed E-state index contributed by atoms with van der Waals surface area (Å²) in [7, 11) is 0. The molecule has 2 rings (SSSR count). The molecule has 0 unspecified atom stereocenters. The minimum atomic E-state index is -1.21. The highest BCUT2D eigenvalue weighted by molar-refractivity contribution is 6.34. The molecule has 0 aliphatic rings. The van der Waals surface area contributed by atoms with Crippen LogP contribution in [0.2, 0.25) is 5.02 Å². The van der Waals surface area contributed by atoms with Crippen LogP contribution in [0.4, 0.5) is 11.4 Å². The van der Waals surface area contributed by atoms with Crippen molar-refractivity contribution in [3.8, 4) is 0 Å². The summed E-state index contributed by atoms with van der Waals surface area (Å²) >= 11 is 5.83. The molecule has 0 saturated heterocycles. The quantitative estimate of drug-likeness (QED) is 0.758. The minimum Gasteiger partial charge on any atom is -0.478 e. The van der Waals surface area contributed by atoms with Gasteiger partial charge in [-0.05, 0) is 36.4 Å². The maximum atomic E-state index is 12.0. The number of hydrogen-bond acceptors (Lipinski definition) is 3. The maximum Gasteiger partial charge on any atom is 0.339 e. The molecule has 102 valence electrons. The van der Waals surface area contributed by atoms with E-state index in [2.05, 4.69) is 5.32 Å². The van der Waals surface area contributed by atoms with Gasteiger partial charge in [0, 0.05) is 11.3 Å². The number of carbonyl (C=O) groups is 2. The number of nitrogens with two attached hydrogens (primary N) is 1. The number of benzene rings is 2. The summed E-state index contributed by atoms with van der Waals surface area (Å²) in [5, 5.41) is 11.7. The Balaban J connectivity index is 2.30. The van der Waals surface area contributed by atoms with Crippen LogP contribution in [0.1, 0.15) is 20.7 Å². The molecule has 5 nitrogen and oxygen atoms in total. The number of amides is 1. The van der Waals surface area contributed by atoms with Gasteiger partial charge in [0.15, 0.2) is 0 Å². The molecule has 0 radical (unpaired) electrons. The lowest BCUT2D eigenvalue weighted by Gasteiger charge is -2.09. The topological polar surface area (TPSA) is 92.4 Å². The monoisotopic (exact) mass is 290 g/mol. The van der Waals surface area contributed by atoms with Gasteiger partial charge >= 0.3 is 5.97 Å². The first kappa shape index (κ1) is 13.9. The zero-order chi connectivity index (χ0) is 14.7. The predicted octanol–water partition coefficient (Wildman–Crippen LogP) is 2.87. The molecular formula is C14H11ClN2O3. The fourth-order valence-corrected chi connectivity index (χ4v) is 1.93. The molecule has 0 saturated carbocycles. The van der Waals surface area contributed by atoms with Gasteiger partial charge in [-0.15, -0.1) is 0 Å². The minimum absolute atomic E-state index is 0.0626. The average molecular weight is 291 g/mol. The van der Waals surface area contributed by atoms with Crippen molar-refractivity contribution in [3.05, 3.63) is 58.6 Å². The van der Waals surface area contributed by atoms with Gasteiger partial charge in [-0.1, -0.05) is 17.7 Å². The van der Waals surface area contributed by atoms with Crippen LogP contribution in [0.25, 0.3) is 0 Å². The van der Waals surface area contributed by atoms with E-state index in [1.807, 2.05) is 0 Å². The van der Waals surface area contributed by atoms with Gasteiger partial charge in [-0.25, -0.2) is 4.79 Å². The predicted molar refractivity (Wildman–Crippen MR) is 77.2 cm³/mol. The Labute approximate surface area is 120 Å². The molecular weight excluding hydrogens is 280 g/mol. The van der Waals surface area contributed by atoms with Crippen molar-refractivity contribution in [1.29, 1.82) is 0 Å². The number of carboxylic acid groups (broad SMARTS) is 1. The smallest absolute Gasteiger partial charge is 0.339 e. The van der Waals surface area contributed by atoms with Crippen molar-refractivity contribution in [1.82, 2.24) is 0 Å². The third kappa shape index (κ3) is 2.89. The lowest BCUT2D eigenvalue weighted by molar-refractivity contribution is 0.0698. The molecule has 0 spiro atoms. The first-order valence-electron chi connectivity index (χ1n) is 5.67. The number of nitrogens with one attached hydrogen (secondary N) is 1. The van der Waals surface area contributed by atoms with Crippen molar-refractivity contribution < 1.29 is 14.7 Å². The number of halogens is 1. The van der Waals surface area contributed by atoms with Gasteiger partial charge in [-0.3, -0.25) is 4.79 Å². The van der Waals surface area contributed by atoms with Gasteiger partial charge in [0.25, 0.3) is 5.91 Å². The summed E-state index contributed by atoms with van der Waals surface area (Å²) in [6, 6.07) is 10.8. The maximum absolute atomic E-state index is 12.0. The summed E-state index contributed by atoms with van der Waals surface area (Å²) in [5.74, 6) is -1.64. The van der Waals surface area contributed by atoms with Crippen molar-refractivity contribution in [2.24, 2.45) is 0 Å². The van der Waals surface area contributed by atoms with E-state index in [-0.39, 0.29) is 16.3 Å². The van der Waals surface area contributed by atoms with Crippen molar-refractivity contribution in [2.75, 3.05) is 11.1 Å². The summed E-state index contributed by atoms with van der Waals surface area (Å²) in [4.78, 5) is 23.2. The number of anilines is 2. The van der Waals surface area contributed by atoms with E-state index in [1.165, 1.54) is 12.1 Å². The molecule has 4 N–H and O–H groups in total. The van der Waals surface area contributed by atoms with Crippen LogP contribution in [0.15, 0.2) is 42.5 Å². The van der Waals surface area contributed by atoms with Gasteiger partial charge in [0.05, 0.1) is 10.7 Å². The van der Waals surface area contributed by atoms with E-state index in [0.717, 1.165) is 0 Å². The fraction of sp³-hybridized carbons (Fsp3) is 0. The van der Waals surface area contributed by atoms with Crippen LogP contribution in [-0.4, -0.2) is 17.0 Å². The second-order valence-corrected chi connectivity index (χ2v) is 4.45. The summed E-state index contributed by atoms with van der Waals surface area (Å²) in [6.45, 7) is 0. The normalized spacial score (nSPS) is 10.1. The number of carbonyl (C=O) groups excluding carboxylic acids is 1. The number of hydrogen-bond donors (Lipinski definition) is 3. The largest absolute Gasteiger partial charge is 0.478 e. The average Bonchev–Trinajstić information content (AvgIpc) is 2.39. The van der Waals surface area contributed by atoms with Crippen LogP contribution in [-0.2, 0) is 0 Å². The van der Waals surface area contributed by atoms with Crippen LogP contribution in [0.3, 0.4) is 0 Å². The Bertz CT molecular complexity index is 669. The third-order valence-electron chi connectivity index (χ3n) is 2.65. The second-order valence-electron chi connectivity index (χ2n) is 4.04. The number of carboxylic acids is 1. The zero-order valence-corrected chi connectivity index (χ0v) is 11.0. The molecule has 6 heteroatoms. The summed E-state index contributed by atoms with van der Waals surface area (Å²) < 4.78 is 0. The molecule has 0 aliphatic heterocycles. The molecule has 20 heavy (non-hydrogen) atoms. The van der Waals surface area contributed by atoms with E-state index < -0.39 is 11.9 Å². The van der Waals surface area contributed by atoms with Gasteiger partial charge in [0.2, 0.25) is 0 Å². The molecule has 0 atom stereocenters. The number of nitrogen functional groups attached to an aromatic ring is 1. The molecule has 0 heterocycles. The van der Waals surface area contributed by atoms with Crippen molar-refractivity contribution in [3.63, 3.8) is 0 Å². The number of aromatic carboxylic acids is 1. The number of rotatable bonds is 3. The highest BCUT2D eigenvalue weighted by Crippen LogP contribution is 2.24. The van der Waals surface area contributed by atoms with E-state index in [4.69, 9.17) is 22.4 Å². The Kier molecular flexibility index (Phi) is 3.91. The van der Waals surface area contributed by atoms with Gasteiger partial charge in [0.1, 0.15) is 5.56 Å². The van der Waals surface area contributed by atoms with Crippen molar-refractivity contribution >= 4 is 34.9 Å². The van der Waals surface area contributed by atoms with E-state index in [1.54, 1.807) is 30.3 Å². The molecule has 0 fully saturated rings. The summed E-state index contributed by atoms with van der Waals surface area (Å²) in [5.41, 5.74) is 6.45. The second kappa shape index (κ2) is 5.63. The lowest BCUT2D eigenvalue weighted by atomic mass is 10.1. The third-order valence-corrected chi connectivity index (χ3v) is 2.96. The lowest BCUT2D eigenvalue weighted by Crippen LogP contribution is -2.15. The summed E-state index contributed by atoms with van der Waals surface area (Å²) in [6.07, 6.45) is 0. The Morgan fingerprint density at radius 3 is 2.35 bits per heavy atom. The first-order chi connectivity index (χ1) is 9.49. The highest BCUT2D eigenvalue weighted by atomic mass is 35.5. The van der Waals surface area contributed by atoms with Crippen molar-refractivity contribution in [2.45, 2.75) is 0 Å². The molecule has 0 bridgehead atoms. The van der Waals surface area contributed by atoms with Crippen LogP contribution in [0, 0.1) is 0 Å². The zero-order valence-electron chi connectivity index (χ0n) is 10.3. The van der Waals surface area contributed by atoms with Crippen LogP contribution < -0.4 is 11.1 Å². The molecule has 2 aromatic rings. The Morgan fingerprint density at radius 1 is 1.10 bits per heavy atom. The van der Waals surface area contributed by atoms with Gasteiger partial charge < -0.3 is 16.2 Å². The van der Waals surface area contributed by atoms with E-state index >= 15 is 0 Å². The molecule has 2 aromatic carbocycles. The standard InChI is InChI=1S/C14H11ClN2O3/c15-10-2-1-3-11(12(10)14(19)20)17-13(18)8-4-6-9(16)7-5-8/h1-7H,16H2,(H,17,18)(H,19,20). The van der Waals surface area contributed by atoms with E-state index in [9.17, 15) is 9.59 Å². The van der Waals surface area contributed by atoms with Crippen LogP contribution >= 0.6 is 11.6 Å². The Hall–Kier alpha value is -2.53. The SMILES string of the molecule is Nc1ccc(C(=O)Nc2cccc(Cl)c2C(=O)O)cc1. The van der Waals surface area contributed by atoms with Crippen LogP contribution in [0.5, 0.6) is 0 Å². The Morgan fingerprint density at radius 2 is 1.75 bits per heavy atom. The fourth-order valence-electron chi connectivity index (χ4n) is 1.67. The molecule has 1 amide bonds.